The molecule has 0 fully saturated rings. The molecule has 1 heterocycles. The molecular weight excluding hydrogens is 322 g/mol. The topological polar surface area (TPSA) is 38.8 Å². The van der Waals surface area contributed by atoms with Crippen molar-refractivity contribution in [2.24, 2.45) is 0 Å². The molecule has 2 aromatic carbocycles. The molecule has 0 radical (unpaired) electrons. The summed E-state index contributed by atoms with van der Waals surface area (Å²) in [5.41, 5.74) is 2.06. The molecule has 0 aliphatic carbocycles. The van der Waals surface area contributed by atoms with Crippen LogP contribution in [0.5, 0.6) is 11.5 Å². The fourth-order valence-electron chi connectivity index (χ4n) is 2.70. The van der Waals surface area contributed by atoms with Crippen molar-refractivity contribution in [1.82, 2.24) is 0 Å². The number of hydrogen-bond acceptors (Lipinski definition) is 4. The van der Waals surface area contributed by atoms with Gasteiger partial charge in [0.2, 0.25) is 0 Å². The number of para-hydroxylation sites is 1. The number of aryl methyl sites for hydroxylation is 1. The van der Waals surface area contributed by atoms with Gasteiger partial charge in [0.1, 0.15) is 0 Å². The molecule has 3 rings (SSSR count). The average Bonchev–Trinajstić information content (AvgIpc) is 2.82. The number of carbonyl (C=O) groups excluding carboxylic acids is 1. The zero-order valence-corrected chi connectivity index (χ0v) is 14.8. The van der Waals surface area contributed by atoms with Crippen LogP contribution in [0.4, 0.5) is 5.69 Å². The highest BCUT2D eigenvalue weighted by Crippen LogP contribution is 2.34. The molecule has 0 spiro atoms. The van der Waals surface area contributed by atoms with Crippen LogP contribution in [0.15, 0.2) is 47.4 Å². The van der Waals surface area contributed by atoms with Crippen LogP contribution in [0.25, 0.3) is 0 Å². The van der Waals surface area contributed by atoms with E-state index in [1.807, 2.05) is 48.2 Å². The van der Waals surface area contributed by atoms with E-state index in [-0.39, 0.29) is 12.5 Å². The summed E-state index contributed by atoms with van der Waals surface area (Å²) in [4.78, 5) is 15.7. The number of rotatable bonds is 4. The fraction of sp³-hybridized carbons (Fsp3) is 0.316. The Kier molecular flexibility index (Phi) is 5.30. The number of amides is 1. The highest BCUT2D eigenvalue weighted by Gasteiger charge is 2.22. The van der Waals surface area contributed by atoms with Gasteiger partial charge in [-0.2, -0.15) is 0 Å². The predicted octanol–water partition coefficient (Wildman–Crippen LogP) is 3.91. The Morgan fingerprint density at radius 1 is 1.21 bits per heavy atom. The van der Waals surface area contributed by atoms with E-state index in [2.05, 4.69) is 6.07 Å². The minimum absolute atomic E-state index is 0.00157. The summed E-state index contributed by atoms with van der Waals surface area (Å²) in [7, 11) is 1.60. The van der Waals surface area contributed by atoms with E-state index in [9.17, 15) is 4.79 Å². The average molecular weight is 343 g/mol. The number of fused-ring (bicyclic) bond motifs is 1. The number of methoxy groups -OCH3 is 1. The van der Waals surface area contributed by atoms with Gasteiger partial charge in [-0.25, -0.2) is 0 Å². The van der Waals surface area contributed by atoms with Gasteiger partial charge in [0.05, 0.1) is 12.8 Å². The van der Waals surface area contributed by atoms with E-state index in [1.165, 1.54) is 0 Å². The van der Waals surface area contributed by atoms with Gasteiger partial charge in [0.15, 0.2) is 18.1 Å². The standard InChI is InChI=1S/C19H21NO3S/c1-14-8-9-16(17(12-14)22-2)23-13-19(21)20-10-5-11-24-18-7-4-3-6-15(18)20/h3-4,6-9,12H,5,10-11,13H2,1-2H3. The summed E-state index contributed by atoms with van der Waals surface area (Å²) < 4.78 is 11.1. The highest BCUT2D eigenvalue weighted by atomic mass is 32.2. The molecule has 1 amide bonds. The summed E-state index contributed by atoms with van der Waals surface area (Å²) in [6.45, 7) is 2.71. The molecule has 0 aromatic heterocycles. The molecular formula is C19H21NO3S. The first-order valence-corrected chi connectivity index (χ1v) is 8.97. The van der Waals surface area contributed by atoms with Gasteiger partial charge in [-0.1, -0.05) is 18.2 Å². The van der Waals surface area contributed by atoms with Crippen LogP contribution in [-0.2, 0) is 4.79 Å². The zero-order chi connectivity index (χ0) is 16.9. The van der Waals surface area contributed by atoms with Crippen LogP contribution in [0.1, 0.15) is 12.0 Å². The van der Waals surface area contributed by atoms with Crippen molar-refractivity contribution in [2.45, 2.75) is 18.2 Å². The lowest BCUT2D eigenvalue weighted by Gasteiger charge is -2.22. The van der Waals surface area contributed by atoms with Gasteiger partial charge < -0.3 is 14.4 Å². The minimum atomic E-state index is -0.0346. The maximum absolute atomic E-state index is 12.7. The van der Waals surface area contributed by atoms with Gasteiger partial charge in [0, 0.05) is 11.4 Å². The number of thioether (sulfide) groups is 1. The Balaban J connectivity index is 1.74. The molecule has 4 nitrogen and oxygen atoms in total. The largest absolute Gasteiger partial charge is 0.493 e. The molecule has 0 N–H and O–H groups in total. The smallest absolute Gasteiger partial charge is 0.264 e. The summed E-state index contributed by atoms with van der Waals surface area (Å²) in [6, 6.07) is 13.7. The first-order valence-electron chi connectivity index (χ1n) is 7.98. The van der Waals surface area contributed by atoms with Crippen LogP contribution in [-0.4, -0.2) is 31.9 Å². The van der Waals surface area contributed by atoms with Crippen LogP contribution in [0, 0.1) is 6.92 Å². The first kappa shape index (κ1) is 16.7. The second-order valence-electron chi connectivity index (χ2n) is 5.66. The van der Waals surface area contributed by atoms with Crippen LogP contribution in [0.2, 0.25) is 0 Å². The van der Waals surface area contributed by atoms with Gasteiger partial charge >= 0.3 is 0 Å². The summed E-state index contributed by atoms with van der Waals surface area (Å²) in [5, 5.41) is 0. The zero-order valence-electron chi connectivity index (χ0n) is 14.0. The molecule has 0 bridgehead atoms. The molecule has 0 unspecified atom stereocenters. The van der Waals surface area contributed by atoms with Crippen molar-refractivity contribution < 1.29 is 14.3 Å². The monoisotopic (exact) mass is 343 g/mol. The maximum atomic E-state index is 12.7. The van der Waals surface area contributed by atoms with Crippen molar-refractivity contribution in [3.05, 3.63) is 48.0 Å². The number of anilines is 1. The lowest BCUT2D eigenvalue weighted by molar-refractivity contribution is -0.120. The second kappa shape index (κ2) is 7.62. The van der Waals surface area contributed by atoms with Crippen molar-refractivity contribution in [1.29, 1.82) is 0 Å². The number of ether oxygens (including phenoxy) is 2. The summed E-state index contributed by atoms with van der Waals surface area (Å²) in [6.07, 6.45) is 0.971. The van der Waals surface area contributed by atoms with Crippen LogP contribution in [0.3, 0.4) is 0 Å². The second-order valence-corrected chi connectivity index (χ2v) is 6.79. The molecule has 0 atom stereocenters. The SMILES string of the molecule is COc1cc(C)ccc1OCC(=O)N1CCCSc2ccccc21. The highest BCUT2D eigenvalue weighted by molar-refractivity contribution is 7.99. The maximum Gasteiger partial charge on any atom is 0.264 e. The normalized spacial score (nSPS) is 13.8. The molecule has 0 saturated heterocycles. The third-order valence-corrected chi connectivity index (χ3v) is 5.06. The fourth-order valence-corrected chi connectivity index (χ4v) is 3.69. The van der Waals surface area contributed by atoms with Crippen LogP contribution >= 0.6 is 11.8 Å². The van der Waals surface area contributed by atoms with Crippen LogP contribution < -0.4 is 14.4 Å². The minimum Gasteiger partial charge on any atom is -0.493 e. The molecule has 126 valence electrons. The number of benzene rings is 2. The van der Waals surface area contributed by atoms with E-state index in [0.29, 0.717) is 11.5 Å². The van der Waals surface area contributed by atoms with E-state index in [1.54, 1.807) is 18.9 Å². The van der Waals surface area contributed by atoms with Crippen molar-refractivity contribution in [3.8, 4) is 11.5 Å². The molecule has 2 aromatic rings. The van der Waals surface area contributed by atoms with Gasteiger partial charge in [-0.15, -0.1) is 11.8 Å². The summed E-state index contributed by atoms with van der Waals surface area (Å²) in [5.74, 6) is 2.23. The number of carbonyl (C=O) groups is 1. The number of nitrogens with zero attached hydrogens (tertiary/aromatic N) is 1. The Morgan fingerprint density at radius 2 is 2.04 bits per heavy atom. The van der Waals surface area contributed by atoms with E-state index in [4.69, 9.17) is 9.47 Å². The third kappa shape index (κ3) is 3.67. The van der Waals surface area contributed by atoms with Crippen molar-refractivity contribution in [2.75, 3.05) is 30.9 Å². The van der Waals surface area contributed by atoms with E-state index in [0.717, 1.165) is 34.9 Å². The first-order chi connectivity index (χ1) is 11.7. The Morgan fingerprint density at radius 3 is 2.88 bits per heavy atom. The molecule has 0 saturated carbocycles. The Bertz CT molecular complexity index is 732. The van der Waals surface area contributed by atoms with Gasteiger partial charge in [0.25, 0.3) is 5.91 Å². The van der Waals surface area contributed by atoms with Crippen molar-refractivity contribution in [3.63, 3.8) is 0 Å². The third-order valence-electron chi connectivity index (χ3n) is 3.91. The molecule has 5 heteroatoms. The van der Waals surface area contributed by atoms with Crippen molar-refractivity contribution >= 4 is 23.4 Å². The van der Waals surface area contributed by atoms with Gasteiger partial charge in [-0.05, 0) is 48.9 Å². The lowest BCUT2D eigenvalue weighted by Crippen LogP contribution is -2.35. The Hall–Kier alpha value is -2.14. The molecule has 1 aliphatic heterocycles. The lowest BCUT2D eigenvalue weighted by atomic mass is 10.2. The molecule has 1 aliphatic rings. The predicted molar refractivity (Wildman–Crippen MR) is 97.4 cm³/mol. The number of hydrogen-bond donors (Lipinski definition) is 0. The van der Waals surface area contributed by atoms with Gasteiger partial charge in [-0.3, -0.25) is 4.79 Å². The summed E-state index contributed by atoms with van der Waals surface area (Å²) >= 11 is 1.80. The Labute approximate surface area is 146 Å². The van der Waals surface area contributed by atoms with E-state index >= 15 is 0 Å². The molecule has 24 heavy (non-hydrogen) atoms. The van der Waals surface area contributed by atoms with E-state index < -0.39 is 0 Å². The quantitative estimate of drug-likeness (QED) is 0.844.